The van der Waals surface area contributed by atoms with E-state index in [0.29, 0.717) is 6.54 Å². The number of hydrogen-bond acceptors (Lipinski definition) is 4. The molecule has 2 N–H and O–H groups in total. The van der Waals surface area contributed by atoms with Gasteiger partial charge in [-0.2, -0.15) is 0 Å². The molecular formula is C9H8BrN3S. The Bertz CT molecular complexity index is 427. The fourth-order valence-corrected chi connectivity index (χ4v) is 2.61. The highest BCUT2D eigenvalue weighted by atomic mass is 79.9. The summed E-state index contributed by atoms with van der Waals surface area (Å²) in [5.74, 6) is 0. The standard InChI is InChI=1S/C9H8BrN3S/c10-8-7(5-11)13-9(14-8)6-1-3-12-4-2-6/h1-4H,5,11H2. The van der Waals surface area contributed by atoms with Crippen LogP contribution >= 0.6 is 27.3 Å². The summed E-state index contributed by atoms with van der Waals surface area (Å²) in [7, 11) is 0. The predicted octanol–water partition coefficient (Wildman–Crippen LogP) is 2.43. The monoisotopic (exact) mass is 269 g/mol. The maximum absolute atomic E-state index is 5.54. The van der Waals surface area contributed by atoms with E-state index in [0.717, 1.165) is 20.1 Å². The highest BCUT2D eigenvalue weighted by Crippen LogP contribution is 2.31. The Morgan fingerprint density at radius 2 is 2.07 bits per heavy atom. The van der Waals surface area contributed by atoms with Gasteiger partial charge in [0.05, 0.1) is 9.48 Å². The van der Waals surface area contributed by atoms with E-state index in [-0.39, 0.29) is 0 Å². The summed E-state index contributed by atoms with van der Waals surface area (Å²) in [6.45, 7) is 0.460. The molecule has 0 aliphatic rings. The molecule has 3 nitrogen and oxygen atoms in total. The van der Waals surface area contributed by atoms with Gasteiger partial charge in [-0.1, -0.05) is 0 Å². The molecular weight excluding hydrogens is 262 g/mol. The Morgan fingerprint density at radius 3 is 2.64 bits per heavy atom. The first-order valence-electron chi connectivity index (χ1n) is 4.07. The van der Waals surface area contributed by atoms with Crippen LogP contribution in [0.2, 0.25) is 0 Å². The largest absolute Gasteiger partial charge is 0.325 e. The lowest BCUT2D eigenvalue weighted by Crippen LogP contribution is -1.96. The number of hydrogen-bond donors (Lipinski definition) is 1. The molecule has 0 atom stereocenters. The van der Waals surface area contributed by atoms with Crippen molar-refractivity contribution in [1.29, 1.82) is 0 Å². The molecule has 2 aromatic rings. The van der Waals surface area contributed by atoms with E-state index in [1.54, 1.807) is 23.7 Å². The lowest BCUT2D eigenvalue weighted by atomic mass is 10.3. The number of aromatic nitrogens is 2. The minimum absolute atomic E-state index is 0.460. The molecule has 14 heavy (non-hydrogen) atoms. The van der Waals surface area contributed by atoms with E-state index in [2.05, 4.69) is 25.9 Å². The van der Waals surface area contributed by atoms with Gasteiger partial charge in [-0.25, -0.2) is 4.98 Å². The van der Waals surface area contributed by atoms with Crippen LogP contribution in [0.5, 0.6) is 0 Å². The van der Waals surface area contributed by atoms with Gasteiger partial charge in [0.25, 0.3) is 0 Å². The number of pyridine rings is 1. The van der Waals surface area contributed by atoms with Crippen molar-refractivity contribution in [2.75, 3.05) is 0 Å². The summed E-state index contributed by atoms with van der Waals surface area (Å²) >= 11 is 5.02. The second-order valence-electron chi connectivity index (χ2n) is 2.68. The zero-order valence-electron chi connectivity index (χ0n) is 7.27. The minimum Gasteiger partial charge on any atom is -0.325 e. The third-order valence-electron chi connectivity index (χ3n) is 1.77. The summed E-state index contributed by atoms with van der Waals surface area (Å²) in [6, 6.07) is 3.87. The van der Waals surface area contributed by atoms with Gasteiger partial charge in [0, 0.05) is 24.5 Å². The van der Waals surface area contributed by atoms with Crippen LogP contribution in [0.4, 0.5) is 0 Å². The Hall–Kier alpha value is -0.780. The van der Waals surface area contributed by atoms with Crippen LogP contribution in [-0.4, -0.2) is 9.97 Å². The molecule has 0 amide bonds. The van der Waals surface area contributed by atoms with Crippen LogP contribution in [-0.2, 0) is 6.54 Å². The fraction of sp³-hybridized carbons (Fsp3) is 0.111. The summed E-state index contributed by atoms with van der Waals surface area (Å²) in [5, 5.41) is 0.972. The molecule has 2 aromatic heterocycles. The molecule has 5 heteroatoms. The maximum atomic E-state index is 5.54. The number of nitrogens with two attached hydrogens (primary N) is 1. The van der Waals surface area contributed by atoms with Crippen LogP contribution < -0.4 is 5.73 Å². The van der Waals surface area contributed by atoms with Crippen LogP contribution in [0.1, 0.15) is 5.69 Å². The summed E-state index contributed by atoms with van der Waals surface area (Å²) in [5.41, 5.74) is 7.52. The lowest BCUT2D eigenvalue weighted by molar-refractivity contribution is 1.01. The molecule has 0 saturated carbocycles. The van der Waals surface area contributed by atoms with Crippen LogP contribution in [0.3, 0.4) is 0 Å². The van der Waals surface area contributed by atoms with Gasteiger partial charge in [0.15, 0.2) is 0 Å². The Labute approximate surface area is 94.1 Å². The minimum atomic E-state index is 0.460. The van der Waals surface area contributed by atoms with E-state index in [4.69, 9.17) is 5.73 Å². The van der Waals surface area contributed by atoms with Gasteiger partial charge in [-0.3, -0.25) is 4.98 Å². The van der Waals surface area contributed by atoms with Gasteiger partial charge in [0.2, 0.25) is 0 Å². The highest BCUT2D eigenvalue weighted by molar-refractivity contribution is 9.11. The summed E-state index contributed by atoms with van der Waals surface area (Å²) < 4.78 is 1.01. The average Bonchev–Trinajstić information content (AvgIpc) is 2.61. The first-order chi connectivity index (χ1) is 6.81. The quantitative estimate of drug-likeness (QED) is 0.911. The Morgan fingerprint density at radius 1 is 1.36 bits per heavy atom. The zero-order valence-corrected chi connectivity index (χ0v) is 9.68. The van der Waals surface area contributed by atoms with Crippen molar-refractivity contribution in [3.05, 3.63) is 34.0 Å². The second kappa shape index (κ2) is 4.16. The summed E-state index contributed by atoms with van der Waals surface area (Å²) in [6.07, 6.45) is 3.51. The number of halogens is 1. The van der Waals surface area contributed by atoms with Crippen molar-refractivity contribution in [3.63, 3.8) is 0 Å². The molecule has 0 bridgehead atoms. The predicted molar refractivity (Wildman–Crippen MR) is 60.9 cm³/mol. The van der Waals surface area contributed by atoms with E-state index in [1.165, 1.54) is 0 Å². The van der Waals surface area contributed by atoms with E-state index in [9.17, 15) is 0 Å². The SMILES string of the molecule is NCc1nc(-c2ccncc2)sc1Br. The van der Waals surface area contributed by atoms with Gasteiger partial charge in [-0.05, 0) is 28.1 Å². The van der Waals surface area contributed by atoms with Crippen molar-refractivity contribution in [2.24, 2.45) is 5.73 Å². The fourth-order valence-electron chi connectivity index (χ4n) is 1.08. The van der Waals surface area contributed by atoms with Crippen molar-refractivity contribution in [1.82, 2.24) is 9.97 Å². The van der Waals surface area contributed by atoms with Gasteiger partial charge < -0.3 is 5.73 Å². The van der Waals surface area contributed by atoms with Gasteiger partial charge >= 0.3 is 0 Å². The van der Waals surface area contributed by atoms with Crippen LogP contribution in [0.25, 0.3) is 10.6 Å². The lowest BCUT2D eigenvalue weighted by Gasteiger charge is -1.92. The van der Waals surface area contributed by atoms with Crippen molar-refractivity contribution >= 4 is 27.3 Å². The number of nitrogens with zero attached hydrogens (tertiary/aromatic N) is 2. The third kappa shape index (κ3) is 1.84. The first kappa shape index (κ1) is 9.76. The molecule has 0 aliphatic heterocycles. The zero-order chi connectivity index (χ0) is 9.97. The molecule has 0 radical (unpaired) electrons. The molecule has 0 aromatic carbocycles. The third-order valence-corrected chi connectivity index (χ3v) is 3.65. The molecule has 2 rings (SSSR count). The smallest absolute Gasteiger partial charge is 0.124 e. The molecule has 0 aliphatic carbocycles. The van der Waals surface area contributed by atoms with Crippen molar-refractivity contribution in [3.8, 4) is 10.6 Å². The summed E-state index contributed by atoms with van der Waals surface area (Å²) in [4.78, 5) is 8.38. The van der Waals surface area contributed by atoms with Gasteiger partial charge in [-0.15, -0.1) is 11.3 Å². The van der Waals surface area contributed by atoms with E-state index < -0.39 is 0 Å². The van der Waals surface area contributed by atoms with Gasteiger partial charge in [0.1, 0.15) is 5.01 Å². The second-order valence-corrected chi connectivity index (χ2v) is 5.00. The molecule has 0 fully saturated rings. The van der Waals surface area contributed by atoms with E-state index in [1.807, 2.05) is 12.1 Å². The molecule has 0 spiro atoms. The van der Waals surface area contributed by atoms with Crippen LogP contribution in [0, 0.1) is 0 Å². The first-order valence-corrected chi connectivity index (χ1v) is 5.68. The average molecular weight is 270 g/mol. The number of rotatable bonds is 2. The van der Waals surface area contributed by atoms with E-state index >= 15 is 0 Å². The Balaban J connectivity index is 2.43. The molecule has 72 valence electrons. The highest BCUT2D eigenvalue weighted by Gasteiger charge is 2.08. The van der Waals surface area contributed by atoms with Crippen molar-refractivity contribution in [2.45, 2.75) is 6.54 Å². The molecule has 2 heterocycles. The van der Waals surface area contributed by atoms with Crippen LogP contribution in [0.15, 0.2) is 28.3 Å². The Kier molecular flexibility index (Phi) is 2.90. The molecule has 0 saturated heterocycles. The topological polar surface area (TPSA) is 51.8 Å². The number of thiazole rings is 1. The maximum Gasteiger partial charge on any atom is 0.124 e. The van der Waals surface area contributed by atoms with Crippen molar-refractivity contribution < 1.29 is 0 Å². The normalized spacial score (nSPS) is 10.4. The molecule has 0 unspecified atom stereocenters.